The number of ether oxygens (including phenoxy) is 1. The number of fused-ring (bicyclic) bond motifs is 1. The Kier molecular flexibility index (Phi) is 3.92. The third kappa shape index (κ3) is 3.28. The number of nitrogens with one attached hydrogen (secondary N) is 2. The fourth-order valence-corrected chi connectivity index (χ4v) is 2.10. The quantitative estimate of drug-likeness (QED) is 0.762. The first-order chi connectivity index (χ1) is 11.0. The smallest absolute Gasteiger partial charge is 0.412 e. The summed E-state index contributed by atoms with van der Waals surface area (Å²) < 4.78 is 31.1. The molecule has 1 amide bonds. The maximum atomic E-state index is 13.1. The number of amides is 1. The summed E-state index contributed by atoms with van der Waals surface area (Å²) in [6.07, 6.45) is -1.42. The third-order valence-corrected chi connectivity index (χ3v) is 3.24. The van der Waals surface area contributed by atoms with Crippen molar-refractivity contribution in [2.45, 2.75) is 13.0 Å². The van der Waals surface area contributed by atoms with Gasteiger partial charge in [0, 0.05) is 11.8 Å². The Balaban J connectivity index is 1.67. The molecule has 23 heavy (non-hydrogen) atoms. The van der Waals surface area contributed by atoms with Crippen LogP contribution >= 0.6 is 0 Å². The van der Waals surface area contributed by atoms with Crippen LogP contribution in [-0.2, 0) is 4.74 Å². The predicted octanol–water partition coefficient (Wildman–Crippen LogP) is 4.15. The summed E-state index contributed by atoms with van der Waals surface area (Å²) in [4.78, 5) is 19.2. The highest BCUT2D eigenvalue weighted by atomic mass is 19.2. The van der Waals surface area contributed by atoms with E-state index in [1.807, 2.05) is 24.3 Å². The maximum absolute atomic E-state index is 13.1. The molecule has 0 saturated heterocycles. The van der Waals surface area contributed by atoms with Crippen LogP contribution in [0.1, 0.15) is 18.9 Å². The Morgan fingerprint density at radius 3 is 2.74 bits per heavy atom. The molecule has 2 N–H and O–H groups in total. The normalized spacial score (nSPS) is 12.1. The Labute approximate surface area is 130 Å². The van der Waals surface area contributed by atoms with Crippen molar-refractivity contribution in [2.24, 2.45) is 0 Å². The number of aromatic nitrogens is 2. The van der Waals surface area contributed by atoms with Gasteiger partial charge in [-0.1, -0.05) is 12.1 Å². The SMILES string of the molecule is CC(OC(=O)Nc1ccc(F)c(F)c1)c1nc2ccccc2[nH]1. The van der Waals surface area contributed by atoms with Crippen molar-refractivity contribution in [1.29, 1.82) is 0 Å². The molecule has 0 aliphatic heterocycles. The van der Waals surface area contributed by atoms with Gasteiger partial charge in [0.2, 0.25) is 0 Å². The molecule has 7 heteroatoms. The van der Waals surface area contributed by atoms with Crippen LogP contribution in [0.5, 0.6) is 0 Å². The minimum Gasteiger partial charge on any atom is -0.438 e. The van der Waals surface area contributed by atoms with Crippen LogP contribution in [0.4, 0.5) is 19.3 Å². The number of anilines is 1. The Hall–Kier alpha value is -2.96. The third-order valence-electron chi connectivity index (χ3n) is 3.24. The molecule has 3 aromatic rings. The molecule has 1 heterocycles. The molecule has 0 saturated carbocycles. The summed E-state index contributed by atoms with van der Waals surface area (Å²) in [5.41, 5.74) is 1.70. The van der Waals surface area contributed by atoms with E-state index in [4.69, 9.17) is 4.74 Å². The number of carbonyl (C=O) groups excluding carboxylic acids is 1. The summed E-state index contributed by atoms with van der Waals surface area (Å²) in [5.74, 6) is -1.54. The maximum Gasteiger partial charge on any atom is 0.412 e. The largest absolute Gasteiger partial charge is 0.438 e. The summed E-state index contributed by atoms with van der Waals surface area (Å²) in [6.45, 7) is 1.66. The molecule has 0 fully saturated rings. The lowest BCUT2D eigenvalue weighted by Gasteiger charge is -2.12. The van der Waals surface area contributed by atoms with Gasteiger partial charge in [-0.05, 0) is 31.2 Å². The summed E-state index contributed by atoms with van der Waals surface area (Å²) >= 11 is 0. The number of imidazole rings is 1. The van der Waals surface area contributed by atoms with Gasteiger partial charge in [-0.15, -0.1) is 0 Å². The first-order valence-corrected chi connectivity index (χ1v) is 6.90. The lowest BCUT2D eigenvalue weighted by atomic mass is 10.3. The lowest BCUT2D eigenvalue weighted by molar-refractivity contribution is 0.117. The zero-order valence-electron chi connectivity index (χ0n) is 12.1. The van der Waals surface area contributed by atoms with E-state index in [1.165, 1.54) is 6.07 Å². The topological polar surface area (TPSA) is 67.0 Å². The Bertz CT molecular complexity index is 830. The standard InChI is InChI=1S/C16H13F2N3O2/c1-9(15-20-13-4-2-3-5-14(13)21-15)23-16(22)19-10-6-7-11(17)12(18)8-10/h2-9H,1H3,(H,19,22)(H,20,21). The molecule has 0 radical (unpaired) electrons. The van der Waals surface area contributed by atoms with Crippen molar-refractivity contribution >= 4 is 22.8 Å². The zero-order valence-corrected chi connectivity index (χ0v) is 12.1. The van der Waals surface area contributed by atoms with Gasteiger partial charge in [0.15, 0.2) is 17.7 Å². The molecule has 0 bridgehead atoms. The van der Waals surface area contributed by atoms with E-state index in [2.05, 4.69) is 15.3 Å². The average Bonchev–Trinajstić information content (AvgIpc) is 2.95. The van der Waals surface area contributed by atoms with Crippen LogP contribution < -0.4 is 5.32 Å². The van der Waals surface area contributed by atoms with Crippen molar-refractivity contribution in [1.82, 2.24) is 9.97 Å². The first kappa shape index (κ1) is 15.0. The molecule has 5 nitrogen and oxygen atoms in total. The van der Waals surface area contributed by atoms with Gasteiger partial charge in [-0.2, -0.15) is 0 Å². The number of hydrogen-bond acceptors (Lipinski definition) is 3. The number of rotatable bonds is 3. The highest BCUT2D eigenvalue weighted by Crippen LogP contribution is 2.19. The number of para-hydroxylation sites is 2. The molecular weight excluding hydrogens is 304 g/mol. The van der Waals surface area contributed by atoms with Crippen LogP contribution in [0.15, 0.2) is 42.5 Å². The second kappa shape index (κ2) is 6.04. The van der Waals surface area contributed by atoms with E-state index in [0.717, 1.165) is 23.2 Å². The van der Waals surface area contributed by atoms with Crippen LogP contribution in [0, 0.1) is 11.6 Å². The second-order valence-electron chi connectivity index (χ2n) is 4.94. The van der Waals surface area contributed by atoms with Gasteiger partial charge in [-0.25, -0.2) is 18.6 Å². The van der Waals surface area contributed by atoms with Gasteiger partial charge in [0.05, 0.1) is 11.0 Å². The number of halogens is 2. The summed E-state index contributed by atoms with van der Waals surface area (Å²) in [5, 5.41) is 2.33. The van der Waals surface area contributed by atoms with Gasteiger partial charge >= 0.3 is 6.09 Å². The summed E-state index contributed by atoms with van der Waals surface area (Å²) in [6, 6.07) is 10.5. The minimum absolute atomic E-state index is 0.103. The van der Waals surface area contributed by atoms with Crippen molar-refractivity contribution < 1.29 is 18.3 Å². The van der Waals surface area contributed by atoms with Crippen molar-refractivity contribution in [3.63, 3.8) is 0 Å². The van der Waals surface area contributed by atoms with Gasteiger partial charge in [0.1, 0.15) is 5.82 Å². The van der Waals surface area contributed by atoms with Crippen LogP contribution in [0.25, 0.3) is 11.0 Å². The number of hydrogen-bond donors (Lipinski definition) is 2. The number of carbonyl (C=O) groups is 1. The first-order valence-electron chi connectivity index (χ1n) is 6.90. The van der Waals surface area contributed by atoms with E-state index in [1.54, 1.807) is 6.92 Å². The Morgan fingerprint density at radius 1 is 1.22 bits per heavy atom. The molecule has 1 unspecified atom stereocenters. The van der Waals surface area contributed by atoms with E-state index in [-0.39, 0.29) is 5.69 Å². The van der Waals surface area contributed by atoms with Crippen LogP contribution in [-0.4, -0.2) is 16.1 Å². The molecule has 2 aromatic carbocycles. The van der Waals surface area contributed by atoms with Gasteiger partial charge < -0.3 is 9.72 Å². The number of aromatic amines is 1. The van der Waals surface area contributed by atoms with Gasteiger partial charge in [0.25, 0.3) is 0 Å². The highest BCUT2D eigenvalue weighted by molar-refractivity contribution is 5.84. The fourth-order valence-electron chi connectivity index (χ4n) is 2.10. The Morgan fingerprint density at radius 2 is 2.00 bits per heavy atom. The average molecular weight is 317 g/mol. The zero-order chi connectivity index (χ0) is 16.4. The minimum atomic E-state index is -1.05. The van der Waals surface area contributed by atoms with Crippen molar-refractivity contribution in [3.8, 4) is 0 Å². The van der Waals surface area contributed by atoms with Gasteiger partial charge in [-0.3, -0.25) is 5.32 Å². The van der Waals surface area contributed by atoms with Crippen LogP contribution in [0.3, 0.4) is 0 Å². The van der Waals surface area contributed by atoms with Crippen molar-refractivity contribution in [2.75, 3.05) is 5.32 Å². The number of benzene rings is 2. The molecule has 0 aliphatic carbocycles. The number of H-pyrrole nitrogens is 1. The molecule has 1 atom stereocenters. The molecule has 0 aliphatic rings. The molecule has 0 spiro atoms. The van der Waals surface area contributed by atoms with Crippen LogP contribution in [0.2, 0.25) is 0 Å². The lowest BCUT2D eigenvalue weighted by Crippen LogP contribution is -2.16. The number of nitrogens with zero attached hydrogens (tertiary/aromatic N) is 1. The monoisotopic (exact) mass is 317 g/mol. The highest BCUT2D eigenvalue weighted by Gasteiger charge is 2.16. The van der Waals surface area contributed by atoms with E-state index in [9.17, 15) is 13.6 Å². The van der Waals surface area contributed by atoms with E-state index < -0.39 is 23.8 Å². The van der Waals surface area contributed by atoms with E-state index >= 15 is 0 Å². The molecule has 118 valence electrons. The predicted molar refractivity (Wildman–Crippen MR) is 81.0 cm³/mol. The molecular formula is C16H13F2N3O2. The summed E-state index contributed by atoms with van der Waals surface area (Å²) in [7, 11) is 0. The molecule has 1 aromatic heterocycles. The second-order valence-corrected chi connectivity index (χ2v) is 4.94. The van der Waals surface area contributed by atoms with E-state index in [0.29, 0.717) is 5.82 Å². The molecule has 3 rings (SSSR count). The fraction of sp³-hybridized carbons (Fsp3) is 0.125. The van der Waals surface area contributed by atoms with Crippen molar-refractivity contribution in [3.05, 3.63) is 59.9 Å².